The third kappa shape index (κ3) is 3.84. The number of aromatic amines is 1. The molecule has 0 aliphatic carbocycles. The van der Waals surface area contributed by atoms with Crippen LogP contribution in [0.25, 0.3) is 0 Å². The van der Waals surface area contributed by atoms with Crippen LogP contribution >= 0.6 is 11.8 Å². The molecule has 86 valence electrons. The summed E-state index contributed by atoms with van der Waals surface area (Å²) in [6, 6.07) is -0.0742. The molecule has 1 aromatic heterocycles. The van der Waals surface area contributed by atoms with E-state index in [4.69, 9.17) is 0 Å². The van der Waals surface area contributed by atoms with E-state index < -0.39 is 10.0 Å². The van der Waals surface area contributed by atoms with E-state index in [0.717, 1.165) is 11.5 Å². The van der Waals surface area contributed by atoms with Crippen molar-refractivity contribution in [3.8, 4) is 0 Å². The molecule has 0 saturated heterocycles. The zero-order valence-electron chi connectivity index (χ0n) is 8.73. The summed E-state index contributed by atoms with van der Waals surface area (Å²) in [5, 5.41) is 6.09. The molecule has 0 bridgehead atoms. The number of thioether (sulfide) groups is 1. The van der Waals surface area contributed by atoms with Gasteiger partial charge in [-0.3, -0.25) is 5.10 Å². The third-order valence-electron chi connectivity index (χ3n) is 1.71. The molecule has 0 spiro atoms. The summed E-state index contributed by atoms with van der Waals surface area (Å²) in [6.45, 7) is 3.89. The van der Waals surface area contributed by atoms with Crippen molar-refractivity contribution in [2.75, 3.05) is 11.5 Å². The van der Waals surface area contributed by atoms with Gasteiger partial charge in [-0.05, 0) is 12.7 Å². The summed E-state index contributed by atoms with van der Waals surface area (Å²) in [5.74, 6) is 1.76. The maximum absolute atomic E-state index is 11.7. The second-order valence-corrected chi connectivity index (χ2v) is 6.15. The second-order valence-electron chi connectivity index (χ2n) is 3.12. The van der Waals surface area contributed by atoms with Crippen LogP contribution in [0.5, 0.6) is 0 Å². The van der Waals surface area contributed by atoms with Gasteiger partial charge >= 0.3 is 0 Å². The van der Waals surface area contributed by atoms with Gasteiger partial charge in [0.25, 0.3) is 0 Å². The smallest absolute Gasteiger partial charge is 0.243 e. The van der Waals surface area contributed by atoms with Gasteiger partial charge in [0.2, 0.25) is 10.0 Å². The molecule has 0 amide bonds. The topological polar surface area (TPSA) is 74.8 Å². The van der Waals surface area contributed by atoms with E-state index >= 15 is 0 Å². The van der Waals surface area contributed by atoms with Crippen LogP contribution in [-0.4, -0.2) is 36.2 Å². The fourth-order valence-electron chi connectivity index (χ4n) is 1.05. The van der Waals surface area contributed by atoms with Gasteiger partial charge in [-0.25, -0.2) is 13.1 Å². The van der Waals surface area contributed by atoms with Crippen molar-refractivity contribution in [1.29, 1.82) is 0 Å². The number of hydrogen-bond acceptors (Lipinski definition) is 4. The van der Waals surface area contributed by atoms with Crippen molar-refractivity contribution < 1.29 is 8.42 Å². The molecular weight excluding hydrogens is 234 g/mol. The summed E-state index contributed by atoms with van der Waals surface area (Å²) >= 11 is 1.70. The Morgan fingerprint density at radius 2 is 2.40 bits per heavy atom. The Balaban J connectivity index is 2.57. The second kappa shape index (κ2) is 5.53. The van der Waals surface area contributed by atoms with E-state index in [2.05, 4.69) is 14.9 Å². The molecule has 1 aromatic rings. The minimum atomic E-state index is -3.40. The quantitative estimate of drug-likeness (QED) is 0.783. The van der Waals surface area contributed by atoms with E-state index in [1.807, 2.05) is 13.8 Å². The van der Waals surface area contributed by atoms with Crippen molar-refractivity contribution in [3.63, 3.8) is 0 Å². The average molecular weight is 249 g/mol. The van der Waals surface area contributed by atoms with E-state index in [-0.39, 0.29) is 10.9 Å². The first-order valence-corrected chi connectivity index (χ1v) is 7.29. The first-order chi connectivity index (χ1) is 7.06. The lowest BCUT2D eigenvalue weighted by molar-refractivity contribution is 0.571. The van der Waals surface area contributed by atoms with Gasteiger partial charge in [0.1, 0.15) is 4.90 Å². The lowest BCUT2D eigenvalue weighted by Gasteiger charge is -2.12. The summed E-state index contributed by atoms with van der Waals surface area (Å²) in [7, 11) is -3.40. The molecule has 0 aliphatic rings. The lowest BCUT2D eigenvalue weighted by Crippen LogP contribution is -2.34. The van der Waals surface area contributed by atoms with Crippen LogP contribution in [0.2, 0.25) is 0 Å². The third-order valence-corrected chi connectivity index (χ3v) is 4.41. The number of rotatable bonds is 6. The summed E-state index contributed by atoms with van der Waals surface area (Å²) in [6.07, 6.45) is 2.66. The highest BCUT2D eigenvalue weighted by Gasteiger charge is 2.17. The number of hydrogen-bond donors (Lipinski definition) is 2. The van der Waals surface area contributed by atoms with Crippen LogP contribution in [0, 0.1) is 0 Å². The van der Waals surface area contributed by atoms with Crippen LogP contribution < -0.4 is 4.72 Å². The largest absolute Gasteiger partial charge is 0.284 e. The Morgan fingerprint density at radius 3 is 2.93 bits per heavy atom. The molecule has 2 N–H and O–H groups in total. The average Bonchev–Trinajstić information content (AvgIpc) is 2.67. The van der Waals surface area contributed by atoms with Gasteiger partial charge < -0.3 is 0 Å². The molecule has 1 atom stereocenters. The van der Waals surface area contributed by atoms with Crippen molar-refractivity contribution in [3.05, 3.63) is 12.4 Å². The van der Waals surface area contributed by atoms with E-state index in [0.29, 0.717) is 0 Å². The SMILES string of the molecule is CCSCC(C)NS(=O)(=O)c1cn[nH]c1. The number of aromatic nitrogens is 2. The number of H-pyrrole nitrogens is 1. The van der Waals surface area contributed by atoms with E-state index in [1.54, 1.807) is 11.8 Å². The van der Waals surface area contributed by atoms with Crippen molar-refractivity contribution in [2.45, 2.75) is 24.8 Å². The maximum Gasteiger partial charge on any atom is 0.243 e. The van der Waals surface area contributed by atoms with E-state index in [1.165, 1.54) is 12.4 Å². The zero-order valence-corrected chi connectivity index (χ0v) is 10.4. The van der Waals surface area contributed by atoms with Gasteiger partial charge in [-0.2, -0.15) is 16.9 Å². The van der Waals surface area contributed by atoms with Crippen molar-refractivity contribution in [2.24, 2.45) is 0 Å². The van der Waals surface area contributed by atoms with Crippen LogP contribution in [0.1, 0.15) is 13.8 Å². The van der Waals surface area contributed by atoms with Crippen LogP contribution in [0.4, 0.5) is 0 Å². The molecule has 0 saturated carbocycles. The van der Waals surface area contributed by atoms with Crippen LogP contribution in [-0.2, 0) is 10.0 Å². The van der Waals surface area contributed by atoms with Gasteiger partial charge in [0.05, 0.1) is 6.20 Å². The zero-order chi connectivity index (χ0) is 11.3. The molecule has 1 unspecified atom stereocenters. The molecule has 0 aliphatic heterocycles. The predicted octanol–water partition coefficient (Wildman–Crippen LogP) is 0.830. The minimum absolute atomic E-state index is 0.0742. The Morgan fingerprint density at radius 1 is 1.67 bits per heavy atom. The molecule has 0 fully saturated rings. The van der Waals surface area contributed by atoms with Gasteiger partial charge in [0, 0.05) is 18.0 Å². The number of sulfonamides is 1. The van der Waals surface area contributed by atoms with E-state index in [9.17, 15) is 8.42 Å². The Labute approximate surface area is 94.1 Å². The molecule has 1 rings (SSSR count). The molecular formula is C8H15N3O2S2. The fourth-order valence-corrected chi connectivity index (χ4v) is 2.97. The fraction of sp³-hybridized carbons (Fsp3) is 0.625. The highest BCUT2D eigenvalue weighted by Crippen LogP contribution is 2.08. The standard InChI is InChI=1S/C8H15N3O2S2/c1-3-14-6-7(2)11-15(12,13)8-4-9-10-5-8/h4-5,7,11H,3,6H2,1-2H3,(H,9,10). The molecule has 15 heavy (non-hydrogen) atoms. The minimum Gasteiger partial charge on any atom is -0.284 e. The molecule has 0 radical (unpaired) electrons. The Kier molecular flexibility index (Phi) is 4.62. The monoisotopic (exact) mass is 249 g/mol. The van der Waals surface area contributed by atoms with Gasteiger partial charge in [-0.1, -0.05) is 6.92 Å². The van der Waals surface area contributed by atoms with Gasteiger partial charge in [-0.15, -0.1) is 0 Å². The lowest BCUT2D eigenvalue weighted by atomic mass is 10.4. The highest BCUT2D eigenvalue weighted by molar-refractivity contribution is 7.99. The molecule has 5 nitrogen and oxygen atoms in total. The number of nitrogens with one attached hydrogen (secondary N) is 2. The molecule has 7 heteroatoms. The first kappa shape index (κ1) is 12.5. The first-order valence-electron chi connectivity index (χ1n) is 4.65. The van der Waals surface area contributed by atoms with Crippen molar-refractivity contribution in [1.82, 2.24) is 14.9 Å². The normalized spacial score (nSPS) is 14.0. The van der Waals surface area contributed by atoms with Crippen molar-refractivity contribution >= 4 is 21.8 Å². The molecule has 1 heterocycles. The Bertz CT molecular complexity index is 375. The van der Waals surface area contributed by atoms with Crippen LogP contribution in [0.15, 0.2) is 17.3 Å². The summed E-state index contributed by atoms with van der Waals surface area (Å²) in [4.78, 5) is 0.177. The Hall–Kier alpha value is -0.530. The summed E-state index contributed by atoms with van der Waals surface area (Å²) in [5.41, 5.74) is 0. The molecule has 0 aromatic carbocycles. The van der Waals surface area contributed by atoms with Gasteiger partial charge in [0.15, 0.2) is 0 Å². The van der Waals surface area contributed by atoms with Crippen LogP contribution in [0.3, 0.4) is 0 Å². The summed E-state index contributed by atoms with van der Waals surface area (Å²) < 4.78 is 26.0. The maximum atomic E-state index is 11.7. The number of nitrogens with zero attached hydrogens (tertiary/aromatic N) is 1. The highest BCUT2D eigenvalue weighted by atomic mass is 32.2. The predicted molar refractivity (Wildman–Crippen MR) is 61.4 cm³/mol.